The van der Waals surface area contributed by atoms with Crippen molar-refractivity contribution in [1.82, 2.24) is 20.5 Å². The summed E-state index contributed by atoms with van der Waals surface area (Å²) in [7, 11) is 0. The summed E-state index contributed by atoms with van der Waals surface area (Å²) < 4.78 is 0. The number of aromatic nitrogens is 3. The third kappa shape index (κ3) is 2.55. The van der Waals surface area contributed by atoms with Gasteiger partial charge in [-0.1, -0.05) is 13.8 Å². The van der Waals surface area contributed by atoms with Gasteiger partial charge in [0.2, 0.25) is 5.82 Å². The second kappa shape index (κ2) is 4.00. The molecule has 1 aliphatic rings. The first kappa shape index (κ1) is 10.1. The number of hydrogen-bond donors (Lipinski definition) is 2. The van der Waals surface area contributed by atoms with Crippen LogP contribution >= 0.6 is 0 Å². The molecule has 0 aliphatic heterocycles. The molecule has 1 amide bonds. The lowest BCUT2D eigenvalue weighted by Crippen LogP contribution is -2.26. The number of H-pyrrole nitrogens is 1. The van der Waals surface area contributed by atoms with Crippen LogP contribution in [0.4, 0.5) is 0 Å². The highest BCUT2D eigenvalue weighted by molar-refractivity contribution is 5.90. The van der Waals surface area contributed by atoms with E-state index in [0.29, 0.717) is 5.92 Å². The number of amides is 1. The average Bonchev–Trinajstić information content (AvgIpc) is 2.88. The topological polar surface area (TPSA) is 70.7 Å². The van der Waals surface area contributed by atoms with Crippen LogP contribution in [0, 0.1) is 5.92 Å². The first-order valence-electron chi connectivity index (χ1n) is 5.37. The highest BCUT2D eigenvalue weighted by Crippen LogP contribution is 2.27. The predicted molar refractivity (Wildman–Crippen MR) is 55.5 cm³/mol. The quantitative estimate of drug-likeness (QED) is 0.777. The third-order valence-corrected chi connectivity index (χ3v) is 2.50. The Morgan fingerprint density at radius 3 is 2.87 bits per heavy atom. The summed E-state index contributed by atoms with van der Waals surface area (Å²) in [4.78, 5) is 15.7. The van der Waals surface area contributed by atoms with Gasteiger partial charge in [0.15, 0.2) is 0 Å². The summed E-state index contributed by atoms with van der Waals surface area (Å²) in [6, 6.07) is 0. The van der Waals surface area contributed by atoms with Crippen molar-refractivity contribution in [1.29, 1.82) is 0 Å². The Kier molecular flexibility index (Phi) is 2.70. The van der Waals surface area contributed by atoms with Crippen LogP contribution in [0.3, 0.4) is 0 Å². The molecule has 0 unspecified atom stereocenters. The maximum absolute atomic E-state index is 11.6. The van der Waals surface area contributed by atoms with Crippen LogP contribution in [0.25, 0.3) is 0 Å². The van der Waals surface area contributed by atoms with Crippen molar-refractivity contribution < 1.29 is 4.79 Å². The molecule has 0 saturated heterocycles. The van der Waals surface area contributed by atoms with E-state index in [1.165, 1.54) is 12.8 Å². The summed E-state index contributed by atoms with van der Waals surface area (Å²) in [5.41, 5.74) is 0. The Morgan fingerprint density at radius 1 is 1.60 bits per heavy atom. The number of hydrogen-bond acceptors (Lipinski definition) is 3. The fraction of sp³-hybridized carbons (Fsp3) is 0.700. The number of carbonyl (C=O) groups is 1. The molecule has 2 rings (SSSR count). The average molecular weight is 208 g/mol. The third-order valence-electron chi connectivity index (χ3n) is 2.50. The van der Waals surface area contributed by atoms with Gasteiger partial charge in [0, 0.05) is 12.5 Å². The van der Waals surface area contributed by atoms with Crippen LogP contribution in [0.2, 0.25) is 0 Å². The van der Waals surface area contributed by atoms with E-state index >= 15 is 0 Å². The molecule has 0 spiro atoms. The van der Waals surface area contributed by atoms with Gasteiger partial charge in [0.05, 0.1) is 0 Å². The summed E-state index contributed by atoms with van der Waals surface area (Å²) in [6.07, 6.45) is 2.46. The van der Waals surface area contributed by atoms with Gasteiger partial charge in [0.25, 0.3) is 5.91 Å². The first-order valence-corrected chi connectivity index (χ1v) is 5.37. The van der Waals surface area contributed by atoms with Gasteiger partial charge in [-0.3, -0.25) is 9.89 Å². The summed E-state index contributed by atoms with van der Waals surface area (Å²) in [5.74, 6) is 1.77. The minimum Gasteiger partial charge on any atom is -0.349 e. The molecule has 2 N–H and O–H groups in total. The minimum absolute atomic E-state index is 0.176. The van der Waals surface area contributed by atoms with Crippen LogP contribution in [-0.4, -0.2) is 27.6 Å². The van der Waals surface area contributed by atoms with Gasteiger partial charge in [-0.2, -0.15) is 0 Å². The summed E-state index contributed by atoms with van der Waals surface area (Å²) in [5, 5.41) is 9.48. The van der Waals surface area contributed by atoms with E-state index in [1.54, 1.807) is 0 Å². The van der Waals surface area contributed by atoms with E-state index in [1.807, 2.05) is 13.8 Å². The van der Waals surface area contributed by atoms with E-state index in [0.717, 1.165) is 12.4 Å². The molecule has 1 heterocycles. The van der Waals surface area contributed by atoms with Crippen LogP contribution in [0.15, 0.2) is 0 Å². The Hall–Kier alpha value is -1.39. The standard InChI is InChI=1S/C10H16N4O/c1-6(2)8-12-9(14-13-8)10(15)11-5-7-3-4-7/h6-7H,3-5H2,1-2H3,(H,11,15)(H,12,13,14). The zero-order valence-corrected chi connectivity index (χ0v) is 9.08. The lowest BCUT2D eigenvalue weighted by atomic mass is 10.2. The Balaban J connectivity index is 1.92. The van der Waals surface area contributed by atoms with E-state index in [-0.39, 0.29) is 17.6 Å². The molecule has 1 aromatic heterocycles. The van der Waals surface area contributed by atoms with E-state index in [2.05, 4.69) is 20.5 Å². The van der Waals surface area contributed by atoms with Crippen LogP contribution in [-0.2, 0) is 0 Å². The van der Waals surface area contributed by atoms with Crippen molar-refractivity contribution in [2.45, 2.75) is 32.6 Å². The first-order chi connectivity index (χ1) is 7.16. The van der Waals surface area contributed by atoms with Gasteiger partial charge in [-0.05, 0) is 18.8 Å². The minimum atomic E-state index is -0.176. The molecule has 5 heteroatoms. The monoisotopic (exact) mass is 208 g/mol. The molecule has 1 aromatic rings. The molecule has 1 fully saturated rings. The zero-order valence-electron chi connectivity index (χ0n) is 9.08. The van der Waals surface area contributed by atoms with Gasteiger partial charge >= 0.3 is 0 Å². The normalized spacial score (nSPS) is 15.7. The predicted octanol–water partition coefficient (Wildman–Crippen LogP) is 1.07. The maximum Gasteiger partial charge on any atom is 0.290 e. The van der Waals surface area contributed by atoms with Gasteiger partial charge < -0.3 is 5.32 Å². The van der Waals surface area contributed by atoms with Crippen LogP contribution < -0.4 is 5.32 Å². The van der Waals surface area contributed by atoms with E-state index < -0.39 is 0 Å². The van der Waals surface area contributed by atoms with Gasteiger partial charge in [-0.15, -0.1) is 5.10 Å². The lowest BCUT2D eigenvalue weighted by Gasteiger charge is -1.99. The molecule has 1 saturated carbocycles. The van der Waals surface area contributed by atoms with Gasteiger partial charge in [0.1, 0.15) is 5.82 Å². The van der Waals surface area contributed by atoms with Crippen LogP contribution in [0.1, 0.15) is 49.1 Å². The van der Waals surface area contributed by atoms with Crippen molar-refractivity contribution in [3.8, 4) is 0 Å². The Morgan fingerprint density at radius 2 is 2.33 bits per heavy atom. The number of carbonyl (C=O) groups excluding carboxylic acids is 1. The highest BCUT2D eigenvalue weighted by atomic mass is 16.2. The highest BCUT2D eigenvalue weighted by Gasteiger charge is 2.23. The SMILES string of the molecule is CC(C)c1nc(C(=O)NCC2CC2)n[nH]1. The largest absolute Gasteiger partial charge is 0.349 e. The molecule has 0 atom stereocenters. The van der Waals surface area contributed by atoms with Gasteiger partial charge in [-0.25, -0.2) is 4.98 Å². The molecule has 1 aliphatic carbocycles. The van der Waals surface area contributed by atoms with Crippen molar-refractivity contribution in [2.24, 2.45) is 5.92 Å². The molecule has 0 bridgehead atoms. The number of nitrogens with zero attached hydrogens (tertiary/aromatic N) is 2. The molecule has 0 aromatic carbocycles. The smallest absolute Gasteiger partial charge is 0.290 e. The van der Waals surface area contributed by atoms with E-state index in [4.69, 9.17) is 0 Å². The molecule has 82 valence electrons. The Labute approximate surface area is 88.7 Å². The fourth-order valence-corrected chi connectivity index (χ4v) is 1.27. The number of aromatic amines is 1. The molecule has 15 heavy (non-hydrogen) atoms. The number of rotatable bonds is 4. The lowest BCUT2D eigenvalue weighted by molar-refractivity contribution is 0.0942. The van der Waals surface area contributed by atoms with E-state index in [9.17, 15) is 4.79 Å². The number of nitrogens with one attached hydrogen (secondary N) is 2. The summed E-state index contributed by atoms with van der Waals surface area (Å²) >= 11 is 0. The Bertz CT molecular complexity index is 354. The zero-order chi connectivity index (χ0) is 10.8. The molecular formula is C10H16N4O. The van der Waals surface area contributed by atoms with Crippen LogP contribution in [0.5, 0.6) is 0 Å². The summed E-state index contributed by atoms with van der Waals surface area (Å²) in [6.45, 7) is 4.77. The van der Waals surface area contributed by atoms with Crippen molar-refractivity contribution >= 4 is 5.91 Å². The molecule has 0 radical (unpaired) electrons. The second-order valence-corrected chi connectivity index (χ2v) is 4.35. The van der Waals surface area contributed by atoms with Crippen molar-refractivity contribution in [3.63, 3.8) is 0 Å². The van der Waals surface area contributed by atoms with Crippen molar-refractivity contribution in [3.05, 3.63) is 11.6 Å². The second-order valence-electron chi connectivity index (χ2n) is 4.35. The molecule has 5 nitrogen and oxygen atoms in total. The van der Waals surface area contributed by atoms with Crippen molar-refractivity contribution in [2.75, 3.05) is 6.54 Å². The molecular weight excluding hydrogens is 192 g/mol. The maximum atomic E-state index is 11.6. The fourth-order valence-electron chi connectivity index (χ4n) is 1.27.